The van der Waals surface area contributed by atoms with Crippen molar-refractivity contribution in [3.05, 3.63) is 113 Å². The second-order valence-corrected chi connectivity index (χ2v) is 7.61. The van der Waals surface area contributed by atoms with Crippen LogP contribution < -0.4 is 0 Å². The Hall–Kier alpha value is -3.66. The third-order valence-electron chi connectivity index (χ3n) is 5.35. The Morgan fingerprint density at radius 2 is 1.65 bits per heavy atom. The molecular formula is C27H25FN2O. The molecule has 0 saturated heterocycles. The Labute approximate surface area is 182 Å². The van der Waals surface area contributed by atoms with E-state index in [9.17, 15) is 4.39 Å². The van der Waals surface area contributed by atoms with Crippen molar-refractivity contribution in [3.8, 4) is 16.9 Å². The first kappa shape index (κ1) is 20.6. The Morgan fingerprint density at radius 1 is 0.903 bits per heavy atom. The molecule has 1 aromatic heterocycles. The minimum absolute atomic E-state index is 0.0905. The molecular weight excluding hydrogens is 387 g/mol. The molecule has 0 amide bonds. The van der Waals surface area contributed by atoms with Gasteiger partial charge in [0.05, 0.1) is 11.4 Å². The molecule has 0 fully saturated rings. The van der Waals surface area contributed by atoms with Gasteiger partial charge >= 0.3 is 0 Å². The van der Waals surface area contributed by atoms with Crippen LogP contribution in [0.4, 0.5) is 4.39 Å². The van der Waals surface area contributed by atoms with Gasteiger partial charge in [-0.2, -0.15) is 0 Å². The first-order chi connectivity index (χ1) is 15.0. The minimum Gasteiger partial charge on any atom is -0.391 e. The van der Waals surface area contributed by atoms with E-state index in [4.69, 9.17) is 4.84 Å². The smallest absolute Gasteiger partial charge is 0.145 e. The van der Waals surface area contributed by atoms with Crippen LogP contribution in [-0.2, 0) is 11.4 Å². The van der Waals surface area contributed by atoms with Gasteiger partial charge in [-0.3, -0.25) is 0 Å². The average molecular weight is 413 g/mol. The Morgan fingerprint density at radius 3 is 2.39 bits per heavy atom. The Bertz CT molecular complexity index is 1230. The van der Waals surface area contributed by atoms with Crippen molar-refractivity contribution in [1.29, 1.82) is 0 Å². The minimum atomic E-state index is -0.288. The maximum atomic E-state index is 13.8. The van der Waals surface area contributed by atoms with E-state index < -0.39 is 0 Å². The lowest BCUT2D eigenvalue weighted by molar-refractivity contribution is 0.128. The van der Waals surface area contributed by atoms with Gasteiger partial charge in [-0.15, -0.1) is 0 Å². The van der Waals surface area contributed by atoms with Crippen molar-refractivity contribution in [2.24, 2.45) is 5.16 Å². The van der Waals surface area contributed by atoms with Crippen molar-refractivity contribution < 1.29 is 9.23 Å². The summed E-state index contributed by atoms with van der Waals surface area (Å²) in [4.78, 5) is 5.49. The highest BCUT2D eigenvalue weighted by Gasteiger charge is 2.17. The lowest BCUT2D eigenvalue weighted by Crippen LogP contribution is -2.03. The van der Waals surface area contributed by atoms with Crippen LogP contribution in [0.5, 0.6) is 0 Å². The van der Waals surface area contributed by atoms with Gasteiger partial charge in [0.2, 0.25) is 0 Å². The maximum absolute atomic E-state index is 13.8. The second kappa shape index (κ2) is 9.00. The molecule has 0 aliphatic carbocycles. The van der Waals surface area contributed by atoms with Crippen LogP contribution in [0.1, 0.15) is 29.3 Å². The highest BCUT2D eigenvalue weighted by atomic mass is 19.1. The maximum Gasteiger partial charge on any atom is 0.145 e. The van der Waals surface area contributed by atoms with Crippen molar-refractivity contribution >= 4 is 5.71 Å². The third kappa shape index (κ3) is 4.43. The molecule has 0 saturated carbocycles. The Kier molecular flexibility index (Phi) is 5.99. The van der Waals surface area contributed by atoms with Crippen LogP contribution in [0.3, 0.4) is 0 Å². The van der Waals surface area contributed by atoms with E-state index in [1.54, 1.807) is 18.2 Å². The number of nitrogens with zero attached hydrogens (tertiary/aromatic N) is 2. The van der Waals surface area contributed by atoms with Gasteiger partial charge in [0.15, 0.2) is 0 Å². The van der Waals surface area contributed by atoms with E-state index in [0.717, 1.165) is 33.9 Å². The summed E-state index contributed by atoms with van der Waals surface area (Å²) in [7, 11) is 0. The SMILES string of the molecule is C/C(=N\OCc1ccccc1F)c1cc(-c2ccccc2)n(-c2cccc(C)c2)c1C. The van der Waals surface area contributed by atoms with Crippen molar-refractivity contribution in [3.63, 3.8) is 0 Å². The molecule has 1 heterocycles. The van der Waals surface area contributed by atoms with Crippen molar-refractivity contribution in [1.82, 2.24) is 4.57 Å². The fraction of sp³-hybridized carbons (Fsp3) is 0.148. The summed E-state index contributed by atoms with van der Waals surface area (Å²) >= 11 is 0. The van der Waals surface area contributed by atoms with Crippen LogP contribution in [0.15, 0.2) is 90.1 Å². The molecule has 0 N–H and O–H groups in total. The van der Waals surface area contributed by atoms with E-state index in [1.807, 2.05) is 25.1 Å². The number of hydrogen-bond donors (Lipinski definition) is 0. The van der Waals surface area contributed by atoms with E-state index in [1.165, 1.54) is 11.6 Å². The lowest BCUT2D eigenvalue weighted by Gasteiger charge is -2.13. The van der Waals surface area contributed by atoms with Gasteiger partial charge < -0.3 is 9.40 Å². The molecule has 0 aliphatic rings. The molecule has 3 nitrogen and oxygen atoms in total. The summed E-state index contributed by atoms with van der Waals surface area (Å²) in [6.07, 6.45) is 0. The van der Waals surface area contributed by atoms with Gasteiger partial charge in [0.25, 0.3) is 0 Å². The molecule has 0 radical (unpaired) electrons. The highest BCUT2D eigenvalue weighted by molar-refractivity contribution is 6.01. The number of aromatic nitrogens is 1. The molecule has 4 heteroatoms. The summed E-state index contributed by atoms with van der Waals surface area (Å²) in [5, 5.41) is 4.29. The van der Waals surface area contributed by atoms with Gasteiger partial charge in [-0.05, 0) is 56.2 Å². The molecule has 31 heavy (non-hydrogen) atoms. The number of halogens is 1. The van der Waals surface area contributed by atoms with E-state index >= 15 is 0 Å². The molecule has 4 rings (SSSR count). The lowest BCUT2D eigenvalue weighted by atomic mass is 10.1. The molecule has 156 valence electrons. The van der Waals surface area contributed by atoms with E-state index in [0.29, 0.717) is 5.56 Å². The van der Waals surface area contributed by atoms with E-state index in [-0.39, 0.29) is 12.4 Å². The number of hydrogen-bond acceptors (Lipinski definition) is 2. The quantitative estimate of drug-likeness (QED) is 0.251. The summed E-state index contributed by atoms with van der Waals surface area (Å²) in [5.74, 6) is -0.288. The summed E-state index contributed by atoms with van der Waals surface area (Å²) < 4.78 is 16.1. The van der Waals surface area contributed by atoms with Gasteiger partial charge in [-0.25, -0.2) is 4.39 Å². The third-order valence-corrected chi connectivity index (χ3v) is 5.35. The molecule has 0 atom stereocenters. The molecule has 0 bridgehead atoms. The van der Waals surface area contributed by atoms with Gasteiger partial charge in [0, 0.05) is 22.5 Å². The fourth-order valence-corrected chi connectivity index (χ4v) is 3.76. The fourth-order valence-electron chi connectivity index (χ4n) is 3.76. The number of aryl methyl sites for hydroxylation is 1. The number of rotatable bonds is 6. The first-order valence-electron chi connectivity index (χ1n) is 10.3. The molecule has 3 aromatic carbocycles. The van der Waals surface area contributed by atoms with Crippen LogP contribution in [0, 0.1) is 19.7 Å². The molecule has 4 aromatic rings. The second-order valence-electron chi connectivity index (χ2n) is 7.61. The van der Waals surface area contributed by atoms with E-state index in [2.05, 4.69) is 66.0 Å². The Balaban J connectivity index is 1.72. The van der Waals surface area contributed by atoms with Crippen LogP contribution in [0.25, 0.3) is 16.9 Å². The van der Waals surface area contributed by atoms with Crippen molar-refractivity contribution in [2.75, 3.05) is 0 Å². The van der Waals surface area contributed by atoms with Crippen LogP contribution >= 0.6 is 0 Å². The number of oxime groups is 1. The highest BCUT2D eigenvalue weighted by Crippen LogP contribution is 2.30. The van der Waals surface area contributed by atoms with Crippen molar-refractivity contribution in [2.45, 2.75) is 27.4 Å². The zero-order chi connectivity index (χ0) is 21.8. The monoisotopic (exact) mass is 412 g/mol. The summed E-state index contributed by atoms with van der Waals surface area (Å²) in [5.41, 5.74) is 7.80. The zero-order valence-corrected chi connectivity index (χ0v) is 18.0. The summed E-state index contributed by atoms with van der Waals surface area (Å²) in [6, 6.07) is 27.4. The van der Waals surface area contributed by atoms with Crippen LogP contribution in [-0.4, -0.2) is 10.3 Å². The number of benzene rings is 3. The van der Waals surface area contributed by atoms with Gasteiger partial charge in [0.1, 0.15) is 12.4 Å². The molecule has 0 spiro atoms. The van der Waals surface area contributed by atoms with Gasteiger partial charge in [-0.1, -0.05) is 65.8 Å². The molecule has 0 aliphatic heterocycles. The standard InChI is InChI=1S/C27H25FN2O/c1-19-10-9-14-24(16-19)30-21(3)25(17-27(30)22-11-5-4-6-12-22)20(2)29-31-18-23-13-7-8-15-26(23)28/h4-17H,18H2,1-3H3/b29-20+. The normalized spacial score (nSPS) is 11.5. The largest absolute Gasteiger partial charge is 0.391 e. The average Bonchev–Trinajstić information content (AvgIpc) is 3.13. The topological polar surface area (TPSA) is 26.5 Å². The zero-order valence-electron chi connectivity index (χ0n) is 18.0. The predicted octanol–water partition coefficient (Wildman–Crippen LogP) is 6.84. The predicted molar refractivity (Wildman–Crippen MR) is 124 cm³/mol. The van der Waals surface area contributed by atoms with Crippen LogP contribution in [0.2, 0.25) is 0 Å². The summed E-state index contributed by atoms with van der Waals surface area (Å²) in [6.45, 7) is 6.18. The molecule has 0 unspecified atom stereocenters. The first-order valence-corrected chi connectivity index (χ1v) is 10.3.